The largest absolute Gasteiger partial charge is 0.315 e. The minimum atomic E-state index is 0.403. The van der Waals surface area contributed by atoms with E-state index in [0.717, 1.165) is 24.9 Å². The fourth-order valence-corrected chi connectivity index (χ4v) is 3.42. The first kappa shape index (κ1) is 13.6. The van der Waals surface area contributed by atoms with Gasteiger partial charge in [0.2, 0.25) is 0 Å². The van der Waals surface area contributed by atoms with Crippen molar-refractivity contribution >= 4 is 0 Å². The van der Waals surface area contributed by atoms with Gasteiger partial charge in [-0.2, -0.15) is 0 Å². The maximum Gasteiger partial charge on any atom is 0.0205 e. The van der Waals surface area contributed by atoms with E-state index in [9.17, 15) is 0 Å². The molecule has 0 aliphatic carbocycles. The normalized spacial score (nSPS) is 19.6. The van der Waals surface area contributed by atoms with Gasteiger partial charge in [-0.1, -0.05) is 50.6 Å². The van der Waals surface area contributed by atoms with Crippen LogP contribution >= 0.6 is 0 Å². The van der Waals surface area contributed by atoms with Gasteiger partial charge in [-0.25, -0.2) is 0 Å². The van der Waals surface area contributed by atoms with Crippen molar-refractivity contribution < 1.29 is 0 Å². The van der Waals surface area contributed by atoms with Crippen LogP contribution in [0.2, 0.25) is 0 Å². The molecule has 1 fully saturated rings. The Morgan fingerprint density at radius 1 is 1.22 bits per heavy atom. The SMILES string of the molecule is Cc1cccc(C2(CC(C)CC(C)C)CNC2)c1. The zero-order valence-electron chi connectivity index (χ0n) is 12.3. The zero-order valence-corrected chi connectivity index (χ0v) is 12.3. The predicted molar refractivity (Wildman–Crippen MR) is 79.0 cm³/mol. The molecule has 1 aliphatic rings. The molecule has 0 saturated carbocycles. The van der Waals surface area contributed by atoms with Gasteiger partial charge in [0.15, 0.2) is 0 Å². The number of hydrogen-bond acceptors (Lipinski definition) is 1. The molecule has 0 aromatic heterocycles. The van der Waals surface area contributed by atoms with Crippen LogP contribution in [-0.4, -0.2) is 13.1 Å². The average Bonchev–Trinajstić information content (AvgIpc) is 2.22. The zero-order chi connectivity index (χ0) is 13.2. The summed E-state index contributed by atoms with van der Waals surface area (Å²) < 4.78 is 0. The summed E-state index contributed by atoms with van der Waals surface area (Å²) in [5, 5.41) is 3.48. The second-order valence-electron chi connectivity index (χ2n) is 6.69. The molecule has 1 unspecified atom stereocenters. The smallest absolute Gasteiger partial charge is 0.0205 e. The molecule has 1 heteroatoms. The van der Waals surface area contributed by atoms with E-state index in [1.165, 1.54) is 24.0 Å². The van der Waals surface area contributed by atoms with Crippen molar-refractivity contribution in [2.45, 2.75) is 46.0 Å². The molecule has 1 atom stereocenters. The molecule has 0 radical (unpaired) electrons. The van der Waals surface area contributed by atoms with Gasteiger partial charge in [0.1, 0.15) is 0 Å². The Morgan fingerprint density at radius 3 is 2.44 bits per heavy atom. The summed E-state index contributed by atoms with van der Waals surface area (Å²) in [6, 6.07) is 9.09. The lowest BCUT2D eigenvalue weighted by molar-refractivity contribution is 0.210. The Morgan fingerprint density at radius 2 is 1.94 bits per heavy atom. The van der Waals surface area contributed by atoms with Crippen molar-refractivity contribution in [3.63, 3.8) is 0 Å². The van der Waals surface area contributed by atoms with E-state index in [1.807, 2.05) is 0 Å². The molecule has 2 rings (SSSR count). The topological polar surface area (TPSA) is 12.0 Å². The molecule has 1 aromatic rings. The molecule has 0 bridgehead atoms. The first-order valence-electron chi connectivity index (χ1n) is 7.30. The highest BCUT2D eigenvalue weighted by molar-refractivity contribution is 5.33. The fourth-order valence-electron chi connectivity index (χ4n) is 3.42. The molecule has 1 aromatic carbocycles. The lowest BCUT2D eigenvalue weighted by Crippen LogP contribution is -2.57. The van der Waals surface area contributed by atoms with Crippen molar-refractivity contribution in [2.24, 2.45) is 11.8 Å². The third-order valence-electron chi connectivity index (χ3n) is 4.17. The number of aryl methyl sites for hydroxylation is 1. The van der Waals surface area contributed by atoms with Crippen molar-refractivity contribution in [2.75, 3.05) is 13.1 Å². The summed E-state index contributed by atoms with van der Waals surface area (Å²) in [5.41, 5.74) is 3.33. The van der Waals surface area contributed by atoms with E-state index in [2.05, 4.69) is 57.3 Å². The summed E-state index contributed by atoms with van der Waals surface area (Å²) in [6.45, 7) is 11.6. The monoisotopic (exact) mass is 245 g/mol. The van der Waals surface area contributed by atoms with Gasteiger partial charge in [-0.05, 0) is 37.2 Å². The number of hydrogen-bond donors (Lipinski definition) is 1. The first-order chi connectivity index (χ1) is 8.52. The molecular formula is C17H27N. The van der Waals surface area contributed by atoms with E-state index in [4.69, 9.17) is 0 Å². The van der Waals surface area contributed by atoms with E-state index >= 15 is 0 Å². The Bertz CT molecular complexity index is 390. The van der Waals surface area contributed by atoms with Gasteiger partial charge in [-0.15, -0.1) is 0 Å². The Balaban J connectivity index is 2.11. The minimum Gasteiger partial charge on any atom is -0.315 e. The molecule has 0 spiro atoms. The van der Waals surface area contributed by atoms with Crippen LogP contribution in [0.3, 0.4) is 0 Å². The first-order valence-corrected chi connectivity index (χ1v) is 7.30. The quantitative estimate of drug-likeness (QED) is 0.829. The molecule has 1 heterocycles. The minimum absolute atomic E-state index is 0.403. The lowest BCUT2D eigenvalue weighted by Gasteiger charge is -2.45. The summed E-state index contributed by atoms with van der Waals surface area (Å²) in [6.07, 6.45) is 2.66. The van der Waals surface area contributed by atoms with Crippen molar-refractivity contribution in [3.05, 3.63) is 35.4 Å². The molecular weight excluding hydrogens is 218 g/mol. The Labute approximate surface area is 112 Å². The second-order valence-corrected chi connectivity index (χ2v) is 6.69. The Hall–Kier alpha value is -0.820. The van der Waals surface area contributed by atoms with Crippen LogP contribution in [0.25, 0.3) is 0 Å². The molecule has 0 amide bonds. The van der Waals surface area contributed by atoms with E-state index in [-0.39, 0.29) is 0 Å². The maximum atomic E-state index is 3.48. The van der Waals surface area contributed by atoms with E-state index in [0.29, 0.717) is 5.41 Å². The van der Waals surface area contributed by atoms with Gasteiger partial charge in [0, 0.05) is 18.5 Å². The van der Waals surface area contributed by atoms with E-state index < -0.39 is 0 Å². The summed E-state index contributed by atoms with van der Waals surface area (Å²) in [5.74, 6) is 1.62. The predicted octanol–water partition coefficient (Wildman–Crippen LogP) is 3.91. The number of nitrogens with one attached hydrogen (secondary N) is 1. The number of rotatable bonds is 5. The third-order valence-corrected chi connectivity index (χ3v) is 4.17. The highest BCUT2D eigenvalue weighted by atomic mass is 15.0. The molecule has 1 aliphatic heterocycles. The van der Waals surface area contributed by atoms with Crippen molar-refractivity contribution in [1.29, 1.82) is 0 Å². The van der Waals surface area contributed by atoms with Crippen LogP contribution in [0.4, 0.5) is 0 Å². The molecule has 100 valence electrons. The standard InChI is InChI=1S/C17H27N/c1-13(2)8-15(4)10-17(11-18-12-17)16-7-5-6-14(3)9-16/h5-7,9,13,15,18H,8,10-12H2,1-4H3. The maximum absolute atomic E-state index is 3.48. The Kier molecular flexibility index (Phi) is 4.11. The summed E-state index contributed by atoms with van der Waals surface area (Å²) >= 11 is 0. The second kappa shape index (κ2) is 5.44. The third kappa shape index (κ3) is 2.95. The van der Waals surface area contributed by atoms with Crippen molar-refractivity contribution in [3.8, 4) is 0 Å². The summed E-state index contributed by atoms with van der Waals surface area (Å²) in [7, 11) is 0. The van der Waals surface area contributed by atoms with E-state index in [1.54, 1.807) is 0 Å². The van der Waals surface area contributed by atoms with Gasteiger partial charge in [0.25, 0.3) is 0 Å². The van der Waals surface area contributed by atoms with Crippen LogP contribution in [0.1, 0.15) is 44.7 Å². The highest BCUT2D eigenvalue weighted by Crippen LogP contribution is 2.37. The van der Waals surface area contributed by atoms with Gasteiger partial charge >= 0.3 is 0 Å². The van der Waals surface area contributed by atoms with Crippen LogP contribution in [0, 0.1) is 18.8 Å². The van der Waals surface area contributed by atoms with Crippen molar-refractivity contribution in [1.82, 2.24) is 5.32 Å². The molecule has 1 saturated heterocycles. The van der Waals surface area contributed by atoms with Gasteiger partial charge < -0.3 is 5.32 Å². The van der Waals surface area contributed by atoms with Crippen LogP contribution in [0.15, 0.2) is 24.3 Å². The van der Waals surface area contributed by atoms with Crippen LogP contribution in [-0.2, 0) is 5.41 Å². The fraction of sp³-hybridized carbons (Fsp3) is 0.647. The number of benzene rings is 1. The van der Waals surface area contributed by atoms with Crippen LogP contribution in [0.5, 0.6) is 0 Å². The summed E-state index contributed by atoms with van der Waals surface area (Å²) in [4.78, 5) is 0. The molecule has 1 N–H and O–H groups in total. The van der Waals surface area contributed by atoms with Crippen LogP contribution < -0.4 is 5.32 Å². The lowest BCUT2D eigenvalue weighted by atomic mass is 9.68. The van der Waals surface area contributed by atoms with Gasteiger partial charge in [-0.3, -0.25) is 0 Å². The molecule has 1 nitrogen and oxygen atoms in total. The average molecular weight is 245 g/mol. The van der Waals surface area contributed by atoms with Gasteiger partial charge in [0.05, 0.1) is 0 Å². The highest BCUT2D eigenvalue weighted by Gasteiger charge is 2.39. The molecule has 18 heavy (non-hydrogen) atoms.